The molecule has 0 saturated heterocycles. The molecule has 0 aliphatic heterocycles. The smallest absolute Gasteiger partial charge is 0.197 e. The van der Waals surface area contributed by atoms with Gasteiger partial charge in [0.2, 0.25) is 0 Å². The second kappa shape index (κ2) is 4.86. The van der Waals surface area contributed by atoms with Gasteiger partial charge >= 0.3 is 0 Å². The van der Waals surface area contributed by atoms with E-state index in [1.54, 1.807) is 12.4 Å². The molecule has 14 heavy (non-hydrogen) atoms. The van der Waals surface area contributed by atoms with E-state index in [-0.39, 0.29) is 5.82 Å². The van der Waals surface area contributed by atoms with Gasteiger partial charge in [0.05, 0.1) is 0 Å². The van der Waals surface area contributed by atoms with Gasteiger partial charge in [0.15, 0.2) is 5.95 Å². The van der Waals surface area contributed by atoms with Crippen LogP contribution >= 0.6 is 0 Å². The lowest BCUT2D eigenvalue weighted by Gasteiger charge is -1.87. The van der Waals surface area contributed by atoms with Gasteiger partial charge in [0.25, 0.3) is 0 Å². The largest absolute Gasteiger partial charge is 0.399 e. The van der Waals surface area contributed by atoms with Crippen LogP contribution in [-0.2, 0) is 0 Å². The average Bonchev–Trinajstić information content (AvgIpc) is 2.63. The molecule has 0 fully saturated rings. The van der Waals surface area contributed by atoms with Crippen LogP contribution in [0.4, 0.5) is 16.0 Å². The lowest BCUT2D eigenvalue weighted by Crippen LogP contribution is -1.83. The molecular weight excluding hydrogens is 183 g/mol. The summed E-state index contributed by atoms with van der Waals surface area (Å²) in [6.45, 7) is 0. The third-order valence-electron chi connectivity index (χ3n) is 1.39. The first-order chi connectivity index (χ1) is 6.68. The van der Waals surface area contributed by atoms with Gasteiger partial charge in [-0.2, -0.15) is 0 Å². The van der Waals surface area contributed by atoms with E-state index in [1.165, 1.54) is 24.3 Å². The van der Waals surface area contributed by atoms with Crippen LogP contribution in [0.3, 0.4) is 0 Å². The fourth-order valence-corrected chi connectivity index (χ4v) is 0.740. The number of hydrogen-bond donors (Lipinski definition) is 3. The van der Waals surface area contributed by atoms with E-state index in [9.17, 15) is 4.39 Å². The van der Waals surface area contributed by atoms with Crippen LogP contribution in [-0.4, -0.2) is 9.97 Å². The van der Waals surface area contributed by atoms with Gasteiger partial charge in [-0.05, 0) is 24.3 Å². The summed E-state index contributed by atoms with van der Waals surface area (Å²) in [5.41, 5.74) is 11.0. The van der Waals surface area contributed by atoms with E-state index in [0.29, 0.717) is 11.6 Å². The summed E-state index contributed by atoms with van der Waals surface area (Å²) in [6, 6.07) is 5.70. The zero-order chi connectivity index (χ0) is 10.4. The van der Waals surface area contributed by atoms with Gasteiger partial charge in [-0.25, -0.2) is 9.37 Å². The summed E-state index contributed by atoms with van der Waals surface area (Å²) in [6.07, 6.45) is 3.28. The van der Waals surface area contributed by atoms with E-state index in [0.717, 1.165) is 0 Å². The van der Waals surface area contributed by atoms with Crippen LogP contribution in [0.1, 0.15) is 0 Å². The number of nitrogens with two attached hydrogens (primary N) is 2. The van der Waals surface area contributed by atoms with Gasteiger partial charge in [-0.3, -0.25) is 0 Å². The highest BCUT2D eigenvalue weighted by atomic mass is 19.1. The predicted octanol–water partition coefficient (Wildman–Crippen LogP) is 1.40. The zero-order valence-electron chi connectivity index (χ0n) is 7.44. The molecule has 0 saturated carbocycles. The van der Waals surface area contributed by atoms with Gasteiger partial charge in [-0.1, -0.05) is 0 Å². The Morgan fingerprint density at radius 1 is 1.14 bits per heavy atom. The number of nitrogen functional groups attached to an aromatic ring is 2. The van der Waals surface area contributed by atoms with E-state index in [1.807, 2.05) is 0 Å². The van der Waals surface area contributed by atoms with Crippen molar-refractivity contribution >= 4 is 11.6 Å². The molecule has 1 aromatic heterocycles. The zero-order valence-corrected chi connectivity index (χ0v) is 7.44. The van der Waals surface area contributed by atoms with Crippen LogP contribution in [0.25, 0.3) is 0 Å². The lowest BCUT2D eigenvalue weighted by molar-refractivity contribution is 0.628. The Morgan fingerprint density at radius 2 is 1.79 bits per heavy atom. The maximum absolute atomic E-state index is 12.0. The minimum atomic E-state index is -0.251. The topological polar surface area (TPSA) is 80.7 Å². The number of rotatable bonds is 0. The summed E-state index contributed by atoms with van der Waals surface area (Å²) < 4.78 is 12.0. The van der Waals surface area contributed by atoms with E-state index >= 15 is 0 Å². The second-order valence-electron chi connectivity index (χ2n) is 2.53. The molecule has 0 bridgehead atoms. The molecule has 0 radical (unpaired) electrons. The van der Waals surface area contributed by atoms with Crippen molar-refractivity contribution in [2.75, 3.05) is 11.5 Å². The van der Waals surface area contributed by atoms with Crippen LogP contribution in [0.5, 0.6) is 0 Å². The molecule has 4 nitrogen and oxygen atoms in total. The molecule has 74 valence electrons. The third kappa shape index (κ3) is 3.57. The van der Waals surface area contributed by atoms with Crippen LogP contribution in [0.15, 0.2) is 36.7 Å². The number of halogens is 1. The fourth-order valence-electron chi connectivity index (χ4n) is 0.740. The molecular formula is C9H11FN4. The molecule has 1 heterocycles. The Bertz CT molecular complexity index is 334. The third-order valence-corrected chi connectivity index (χ3v) is 1.39. The van der Waals surface area contributed by atoms with Crippen molar-refractivity contribution in [2.24, 2.45) is 0 Å². The highest BCUT2D eigenvalue weighted by Gasteiger charge is 1.84. The first-order valence-electron chi connectivity index (χ1n) is 3.94. The monoisotopic (exact) mass is 194 g/mol. The Labute approximate surface area is 80.8 Å². The highest BCUT2D eigenvalue weighted by molar-refractivity contribution is 5.36. The number of benzene rings is 1. The summed E-state index contributed by atoms with van der Waals surface area (Å²) >= 11 is 0. The molecule has 0 atom stereocenters. The Kier molecular flexibility index (Phi) is 3.49. The summed E-state index contributed by atoms with van der Waals surface area (Å²) in [7, 11) is 0. The minimum Gasteiger partial charge on any atom is -0.399 e. The van der Waals surface area contributed by atoms with Crippen molar-refractivity contribution in [1.82, 2.24) is 9.97 Å². The molecule has 2 rings (SSSR count). The molecule has 5 heteroatoms. The number of nitrogens with one attached hydrogen (secondary N) is 1. The average molecular weight is 194 g/mol. The highest BCUT2D eigenvalue weighted by Crippen LogP contribution is 2.01. The Balaban J connectivity index is 0.000000146. The molecule has 0 aliphatic rings. The number of aromatic nitrogens is 2. The fraction of sp³-hybridized carbons (Fsp3) is 0. The Morgan fingerprint density at radius 3 is 2.07 bits per heavy atom. The van der Waals surface area contributed by atoms with E-state index in [2.05, 4.69) is 9.97 Å². The van der Waals surface area contributed by atoms with Crippen LogP contribution in [0, 0.1) is 5.82 Å². The van der Waals surface area contributed by atoms with Gasteiger partial charge in [0, 0.05) is 18.1 Å². The van der Waals surface area contributed by atoms with E-state index < -0.39 is 0 Å². The van der Waals surface area contributed by atoms with Crippen molar-refractivity contribution in [3.8, 4) is 0 Å². The number of imidazole rings is 1. The van der Waals surface area contributed by atoms with Crippen molar-refractivity contribution in [1.29, 1.82) is 0 Å². The van der Waals surface area contributed by atoms with Crippen molar-refractivity contribution < 1.29 is 4.39 Å². The summed E-state index contributed by atoms with van der Waals surface area (Å²) in [5, 5.41) is 0. The number of H-pyrrole nitrogens is 1. The van der Waals surface area contributed by atoms with E-state index in [4.69, 9.17) is 11.5 Å². The first kappa shape index (κ1) is 10.0. The molecule has 5 N–H and O–H groups in total. The second-order valence-corrected chi connectivity index (χ2v) is 2.53. The molecule has 2 aromatic rings. The molecule has 0 spiro atoms. The number of aromatic amines is 1. The predicted molar refractivity (Wildman–Crippen MR) is 53.8 cm³/mol. The first-order valence-corrected chi connectivity index (χ1v) is 3.94. The lowest BCUT2D eigenvalue weighted by atomic mass is 10.3. The van der Waals surface area contributed by atoms with Crippen molar-refractivity contribution in [3.63, 3.8) is 0 Å². The molecule has 1 aromatic carbocycles. The van der Waals surface area contributed by atoms with Crippen molar-refractivity contribution in [3.05, 3.63) is 42.5 Å². The quantitative estimate of drug-likeness (QED) is 0.554. The standard InChI is InChI=1S/C6H6FN.C3H5N3/c7-5-1-3-6(8)4-2-5;4-3-5-1-2-6-3/h1-4H,8H2;1-2H,(H3,4,5,6). The summed E-state index contributed by atoms with van der Waals surface area (Å²) in [4.78, 5) is 6.31. The van der Waals surface area contributed by atoms with Gasteiger partial charge in [0.1, 0.15) is 5.82 Å². The van der Waals surface area contributed by atoms with Crippen LogP contribution in [0.2, 0.25) is 0 Å². The van der Waals surface area contributed by atoms with Gasteiger partial charge in [-0.15, -0.1) is 0 Å². The molecule has 0 aliphatic carbocycles. The molecule has 0 unspecified atom stereocenters. The number of hydrogen-bond acceptors (Lipinski definition) is 3. The Hall–Kier alpha value is -2.04. The van der Waals surface area contributed by atoms with Crippen molar-refractivity contribution in [2.45, 2.75) is 0 Å². The maximum Gasteiger partial charge on any atom is 0.197 e. The van der Waals surface area contributed by atoms with Crippen LogP contribution < -0.4 is 11.5 Å². The minimum absolute atomic E-state index is 0.251. The number of nitrogens with zero attached hydrogens (tertiary/aromatic N) is 1. The summed E-state index contributed by atoms with van der Waals surface area (Å²) in [5.74, 6) is 0.217. The molecule has 0 amide bonds. The SMILES string of the molecule is Nc1ccc(F)cc1.Nc1ncc[nH]1. The maximum atomic E-state index is 12.0. The normalized spacial score (nSPS) is 8.93. The number of anilines is 2. The van der Waals surface area contributed by atoms with Gasteiger partial charge < -0.3 is 16.5 Å².